The van der Waals surface area contributed by atoms with Gasteiger partial charge in [0.15, 0.2) is 6.10 Å². The fourth-order valence-electron chi connectivity index (χ4n) is 3.00. The molecule has 0 radical (unpaired) electrons. The summed E-state index contributed by atoms with van der Waals surface area (Å²) in [5, 5.41) is 8.10. The topological polar surface area (TPSA) is 70.2 Å². The Morgan fingerprint density at radius 2 is 1.76 bits per heavy atom. The Morgan fingerprint density at radius 1 is 1.03 bits per heavy atom. The van der Waals surface area contributed by atoms with Gasteiger partial charge in [-0.2, -0.15) is 0 Å². The molecule has 0 fully saturated rings. The molecule has 0 aliphatic heterocycles. The second kappa shape index (κ2) is 7.75. The molecule has 2 aromatic heterocycles. The summed E-state index contributed by atoms with van der Waals surface area (Å²) in [6.07, 6.45) is 3.21. The molecular formula is C23H21N3O3. The summed E-state index contributed by atoms with van der Waals surface area (Å²) < 4.78 is 13.2. The van der Waals surface area contributed by atoms with Crippen LogP contribution in [0.25, 0.3) is 17.1 Å². The Balaban J connectivity index is 1.50. The van der Waals surface area contributed by atoms with Gasteiger partial charge in [0.1, 0.15) is 0 Å². The third-order valence-electron chi connectivity index (χ3n) is 4.70. The molecule has 0 bridgehead atoms. The van der Waals surface area contributed by atoms with Crippen molar-refractivity contribution in [3.63, 3.8) is 0 Å². The number of ether oxygens (including phenoxy) is 1. The molecule has 6 nitrogen and oxygen atoms in total. The van der Waals surface area contributed by atoms with Crippen molar-refractivity contribution in [3.8, 4) is 17.1 Å². The highest BCUT2D eigenvalue weighted by molar-refractivity contribution is 5.90. The molecule has 4 rings (SSSR count). The molecule has 146 valence electrons. The summed E-state index contributed by atoms with van der Waals surface area (Å²) in [6, 6.07) is 17.1. The number of aromatic nitrogens is 3. The molecule has 2 heterocycles. The lowest BCUT2D eigenvalue weighted by molar-refractivity contribution is 0.0280. The average molecular weight is 387 g/mol. The first kappa shape index (κ1) is 18.7. The molecular weight excluding hydrogens is 366 g/mol. The van der Waals surface area contributed by atoms with Crippen molar-refractivity contribution < 1.29 is 13.9 Å². The molecule has 0 saturated carbocycles. The number of nitrogens with zero attached hydrogens (tertiary/aromatic N) is 3. The molecule has 4 aromatic rings. The minimum atomic E-state index is -0.662. The molecule has 1 unspecified atom stereocenters. The van der Waals surface area contributed by atoms with Gasteiger partial charge in [-0.3, -0.25) is 0 Å². The molecule has 2 aromatic carbocycles. The number of benzene rings is 2. The lowest BCUT2D eigenvalue weighted by Gasteiger charge is -2.12. The summed E-state index contributed by atoms with van der Waals surface area (Å²) in [7, 11) is 0. The van der Waals surface area contributed by atoms with Crippen LogP contribution < -0.4 is 0 Å². The molecule has 0 aliphatic carbocycles. The smallest absolute Gasteiger partial charge is 0.338 e. The van der Waals surface area contributed by atoms with E-state index in [1.165, 1.54) is 0 Å². The Kier molecular flexibility index (Phi) is 4.99. The summed E-state index contributed by atoms with van der Waals surface area (Å²) in [5.41, 5.74) is 4.42. The van der Waals surface area contributed by atoms with E-state index in [2.05, 4.69) is 10.2 Å². The van der Waals surface area contributed by atoms with Gasteiger partial charge in [0.05, 0.1) is 5.56 Å². The second-order valence-electron chi connectivity index (χ2n) is 6.95. The molecule has 0 amide bonds. The first-order valence-corrected chi connectivity index (χ1v) is 9.36. The van der Waals surface area contributed by atoms with Gasteiger partial charge in [-0.1, -0.05) is 23.8 Å². The minimum Gasteiger partial charge on any atom is -0.449 e. The normalized spacial score (nSPS) is 12.0. The van der Waals surface area contributed by atoms with E-state index in [0.29, 0.717) is 11.5 Å². The highest BCUT2D eigenvalue weighted by atomic mass is 16.6. The van der Waals surface area contributed by atoms with E-state index >= 15 is 0 Å². The van der Waals surface area contributed by atoms with Gasteiger partial charge in [0.2, 0.25) is 5.89 Å². The number of carbonyl (C=O) groups is 1. The van der Waals surface area contributed by atoms with E-state index in [1.807, 2.05) is 79.3 Å². The van der Waals surface area contributed by atoms with Gasteiger partial charge in [-0.15, -0.1) is 10.2 Å². The molecule has 0 spiro atoms. The average Bonchev–Trinajstić information content (AvgIpc) is 3.41. The largest absolute Gasteiger partial charge is 0.449 e. The van der Waals surface area contributed by atoms with E-state index in [4.69, 9.17) is 9.15 Å². The van der Waals surface area contributed by atoms with E-state index in [9.17, 15) is 4.79 Å². The standard InChI is InChI=1S/C23H21N3O3/c1-15-6-9-18(10-7-15)22-25-24-21(29-22)17(3)28-23(27)19-11-8-16(2)20(14-19)26-12-4-5-13-26/h4-14,17H,1-3H3. The Morgan fingerprint density at radius 3 is 2.48 bits per heavy atom. The Labute approximate surface area is 168 Å². The van der Waals surface area contributed by atoms with Crippen LogP contribution in [0.4, 0.5) is 0 Å². The minimum absolute atomic E-state index is 0.256. The zero-order chi connectivity index (χ0) is 20.4. The molecule has 6 heteroatoms. The van der Waals surface area contributed by atoms with Crippen molar-refractivity contribution in [2.24, 2.45) is 0 Å². The van der Waals surface area contributed by atoms with Gasteiger partial charge in [0.25, 0.3) is 5.89 Å². The molecule has 1 atom stereocenters. The van der Waals surface area contributed by atoms with Crippen molar-refractivity contribution in [1.82, 2.24) is 14.8 Å². The lowest BCUT2D eigenvalue weighted by Crippen LogP contribution is -2.10. The molecule has 29 heavy (non-hydrogen) atoms. The van der Waals surface area contributed by atoms with E-state index in [0.717, 1.165) is 22.4 Å². The summed E-state index contributed by atoms with van der Waals surface area (Å²) >= 11 is 0. The van der Waals surface area contributed by atoms with Crippen LogP contribution in [0.3, 0.4) is 0 Å². The maximum absolute atomic E-state index is 12.7. The molecule has 0 aliphatic rings. The third-order valence-corrected chi connectivity index (χ3v) is 4.70. The number of hydrogen-bond donors (Lipinski definition) is 0. The number of rotatable bonds is 5. The number of hydrogen-bond acceptors (Lipinski definition) is 5. The van der Waals surface area contributed by atoms with Crippen LogP contribution in [-0.2, 0) is 4.74 Å². The van der Waals surface area contributed by atoms with Crippen LogP contribution in [0.1, 0.15) is 40.4 Å². The fourth-order valence-corrected chi connectivity index (χ4v) is 3.00. The first-order chi connectivity index (χ1) is 14.0. The fraction of sp³-hybridized carbons (Fsp3) is 0.174. The summed E-state index contributed by atoms with van der Waals surface area (Å²) in [5.74, 6) is 0.209. The number of aryl methyl sites for hydroxylation is 2. The van der Waals surface area contributed by atoms with Gasteiger partial charge in [0, 0.05) is 23.6 Å². The second-order valence-corrected chi connectivity index (χ2v) is 6.95. The SMILES string of the molecule is Cc1ccc(-c2nnc(C(C)OC(=O)c3ccc(C)c(-n4cccc4)c3)o2)cc1. The van der Waals surface area contributed by atoms with E-state index < -0.39 is 12.1 Å². The van der Waals surface area contributed by atoms with Crippen molar-refractivity contribution >= 4 is 5.97 Å². The Hall–Kier alpha value is -3.67. The predicted molar refractivity (Wildman–Crippen MR) is 109 cm³/mol. The zero-order valence-corrected chi connectivity index (χ0v) is 16.5. The highest BCUT2D eigenvalue weighted by Crippen LogP contribution is 2.24. The van der Waals surface area contributed by atoms with Gasteiger partial charge < -0.3 is 13.7 Å². The predicted octanol–water partition coefficient (Wildman–Crippen LogP) is 5.06. The van der Waals surface area contributed by atoms with Gasteiger partial charge in [-0.05, 0) is 62.7 Å². The van der Waals surface area contributed by atoms with Crippen LogP contribution in [-0.4, -0.2) is 20.7 Å². The molecule has 0 N–H and O–H groups in total. The lowest BCUT2D eigenvalue weighted by atomic mass is 10.1. The third kappa shape index (κ3) is 3.96. The van der Waals surface area contributed by atoms with Gasteiger partial charge >= 0.3 is 5.97 Å². The van der Waals surface area contributed by atoms with Crippen molar-refractivity contribution in [2.45, 2.75) is 26.9 Å². The maximum atomic E-state index is 12.7. The van der Waals surface area contributed by atoms with E-state index in [-0.39, 0.29) is 5.89 Å². The highest BCUT2D eigenvalue weighted by Gasteiger charge is 2.20. The van der Waals surface area contributed by atoms with Gasteiger partial charge in [-0.25, -0.2) is 4.79 Å². The van der Waals surface area contributed by atoms with Crippen molar-refractivity contribution in [3.05, 3.63) is 89.6 Å². The summed E-state index contributed by atoms with van der Waals surface area (Å²) in [6.45, 7) is 5.72. The summed E-state index contributed by atoms with van der Waals surface area (Å²) in [4.78, 5) is 12.7. The maximum Gasteiger partial charge on any atom is 0.338 e. The van der Waals surface area contributed by atoms with Crippen LogP contribution in [0, 0.1) is 13.8 Å². The molecule has 0 saturated heterocycles. The van der Waals surface area contributed by atoms with Crippen molar-refractivity contribution in [1.29, 1.82) is 0 Å². The quantitative estimate of drug-likeness (QED) is 0.448. The number of carbonyl (C=O) groups excluding carboxylic acids is 1. The van der Waals surface area contributed by atoms with Crippen LogP contribution in [0.15, 0.2) is 71.4 Å². The Bertz CT molecular complexity index is 1130. The van der Waals surface area contributed by atoms with Crippen molar-refractivity contribution in [2.75, 3.05) is 0 Å². The first-order valence-electron chi connectivity index (χ1n) is 9.36. The monoisotopic (exact) mass is 387 g/mol. The van der Waals surface area contributed by atoms with Crippen LogP contribution in [0.2, 0.25) is 0 Å². The van der Waals surface area contributed by atoms with Crippen LogP contribution in [0.5, 0.6) is 0 Å². The van der Waals surface area contributed by atoms with Crippen LogP contribution >= 0.6 is 0 Å². The zero-order valence-electron chi connectivity index (χ0n) is 16.5. The van der Waals surface area contributed by atoms with E-state index in [1.54, 1.807) is 13.0 Å². The number of esters is 1.